The Balaban J connectivity index is 2.45. The second kappa shape index (κ2) is 7.03. The third-order valence-electron chi connectivity index (χ3n) is 3.22. The Morgan fingerprint density at radius 2 is 2.14 bits per heavy atom. The number of nitro groups is 1. The van der Waals surface area contributed by atoms with Crippen LogP contribution in [0.5, 0.6) is 5.75 Å². The lowest BCUT2D eigenvalue weighted by molar-refractivity contribution is -0.384. The van der Waals surface area contributed by atoms with Crippen molar-refractivity contribution in [1.82, 2.24) is 0 Å². The number of benzene rings is 1. The molecular weight excluding hydrogens is 276 g/mol. The van der Waals surface area contributed by atoms with Crippen LogP contribution in [0.25, 0.3) is 0 Å². The van der Waals surface area contributed by atoms with Crippen LogP contribution >= 0.6 is 0 Å². The molecule has 0 fully saturated rings. The lowest BCUT2D eigenvalue weighted by Gasteiger charge is -2.18. The summed E-state index contributed by atoms with van der Waals surface area (Å²) in [5.41, 5.74) is 5.18. The van der Waals surface area contributed by atoms with Gasteiger partial charge in [-0.15, -0.1) is 0 Å². The molecule has 3 N–H and O–H groups in total. The van der Waals surface area contributed by atoms with E-state index in [1.54, 1.807) is 13.0 Å². The number of nitrogens with zero attached hydrogens (tertiary/aromatic N) is 1. The molecule has 0 spiro atoms. The van der Waals surface area contributed by atoms with Crippen LogP contribution in [0, 0.1) is 17.0 Å². The van der Waals surface area contributed by atoms with Gasteiger partial charge in [0.2, 0.25) is 0 Å². The van der Waals surface area contributed by atoms with Crippen molar-refractivity contribution >= 4 is 11.7 Å². The second-order valence-corrected chi connectivity index (χ2v) is 5.24. The number of ether oxygens (including phenoxy) is 1. The topological polar surface area (TPSA) is 116 Å². The van der Waals surface area contributed by atoms with Gasteiger partial charge in [-0.2, -0.15) is 0 Å². The lowest BCUT2D eigenvalue weighted by Crippen LogP contribution is -2.44. The van der Waals surface area contributed by atoms with Gasteiger partial charge in [0, 0.05) is 6.07 Å². The monoisotopic (exact) mass is 296 g/mol. The molecule has 7 nitrogen and oxygen atoms in total. The molecule has 0 radical (unpaired) electrons. The van der Waals surface area contributed by atoms with E-state index in [9.17, 15) is 14.9 Å². The summed E-state index contributed by atoms with van der Waals surface area (Å²) >= 11 is 0. The van der Waals surface area contributed by atoms with E-state index in [-0.39, 0.29) is 5.69 Å². The van der Waals surface area contributed by atoms with Crippen LogP contribution in [0.15, 0.2) is 18.2 Å². The van der Waals surface area contributed by atoms with E-state index in [0.29, 0.717) is 31.6 Å². The van der Waals surface area contributed by atoms with E-state index < -0.39 is 16.4 Å². The predicted molar refractivity (Wildman–Crippen MR) is 77.4 cm³/mol. The van der Waals surface area contributed by atoms with Crippen molar-refractivity contribution in [3.8, 4) is 5.75 Å². The molecule has 1 aromatic carbocycles. The normalized spacial score (nSPS) is 13.5. The highest BCUT2D eigenvalue weighted by molar-refractivity contribution is 5.77. The molecular formula is C14H20N2O5. The number of nitro benzene ring substituents is 1. The number of hydrogen-bond acceptors (Lipinski definition) is 5. The number of aryl methyl sites for hydroxylation is 1. The highest BCUT2D eigenvalue weighted by Crippen LogP contribution is 2.24. The Morgan fingerprint density at radius 1 is 1.48 bits per heavy atom. The van der Waals surface area contributed by atoms with Crippen molar-refractivity contribution in [2.45, 2.75) is 38.6 Å². The van der Waals surface area contributed by atoms with Gasteiger partial charge in [0.15, 0.2) is 0 Å². The average molecular weight is 296 g/mol. The maximum atomic E-state index is 10.8. The van der Waals surface area contributed by atoms with Crippen molar-refractivity contribution in [1.29, 1.82) is 0 Å². The Labute approximate surface area is 122 Å². The van der Waals surface area contributed by atoms with Crippen LogP contribution in [0.3, 0.4) is 0 Å². The molecule has 116 valence electrons. The zero-order valence-electron chi connectivity index (χ0n) is 12.2. The molecule has 1 aromatic rings. The Morgan fingerprint density at radius 3 is 2.71 bits per heavy atom. The number of nitrogens with two attached hydrogens (primary N) is 1. The minimum atomic E-state index is -1.23. The highest BCUT2D eigenvalue weighted by atomic mass is 16.6. The number of unbranched alkanes of at least 4 members (excludes halogenated alkanes) is 1. The number of rotatable bonds is 8. The fourth-order valence-corrected chi connectivity index (χ4v) is 1.74. The molecule has 0 aromatic heterocycles. The van der Waals surface area contributed by atoms with Crippen molar-refractivity contribution in [2.75, 3.05) is 6.61 Å². The molecule has 1 unspecified atom stereocenters. The first-order chi connectivity index (χ1) is 9.74. The maximum Gasteiger partial charge on any atom is 0.323 e. The molecule has 0 amide bonds. The van der Waals surface area contributed by atoms with Crippen LogP contribution < -0.4 is 10.5 Å². The van der Waals surface area contributed by atoms with Gasteiger partial charge in [-0.05, 0) is 44.7 Å². The summed E-state index contributed by atoms with van der Waals surface area (Å²) in [5.74, 6) is -0.559. The summed E-state index contributed by atoms with van der Waals surface area (Å²) in [6.07, 6.45) is 1.58. The van der Waals surface area contributed by atoms with Crippen LogP contribution in [-0.2, 0) is 4.79 Å². The van der Waals surface area contributed by atoms with Gasteiger partial charge < -0.3 is 15.6 Å². The zero-order valence-corrected chi connectivity index (χ0v) is 12.2. The van der Waals surface area contributed by atoms with E-state index >= 15 is 0 Å². The van der Waals surface area contributed by atoms with Gasteiger partial charge in [0.1, 0.15) is 11.3 Å². The highest BCUT2D eigenvalue weighted by Gasteiger charge is 2.26. The summed E-state index contributed by atoms with van der Waals surface area (Å²) in [4.78, 5) is 21.1. The Kier molecular flexibility index (Phi) is 5.66. The van der Waals surface area contributed by atoms with E-state index in [1.807, 2.05) is 0 Å². The molecule has 21 heavy (non-hydrogen) atoms. The van der Waals surface area contributed by atoms with Crippen molar-refractivity contribution < 1.29 is 19.6 Å². The molecule has 0 aliphatic carbocycles. The predicted octanol–water partition coefficient (Wildman–Crippen LogP) is 2.25. The van der Waals surface area contributed by atoms with Gasteiger partial charge in [0.05, 0.1) is 17.6 Å². The van der Waals surface area contributed by atoms with E-state index in [2.05, 4.69) is 0 Å². The lowest BCUT2D eigenvalue weighted by atomic mass is 9.97. The van der Waals surface area contributed by atoms with Crippen LogP contribution in [-0.4, -0.2) is 28.1 Å². The molecule has 0 saturated heterocycles. The molecule has 0 heterocycles. The summed E-state index contributed by atoms with van der Waals surface area (Å²) in [5, 5.41) is 19.6. The fourth-order valence-electron chi connectivity index (χ4n) is 1.74. The van der Waals surface area contributed by atoms with Crippen LogP contribution in [0.2, 0.25) is 0 Å². The fraction of sp³-hybridized carbons (Fsp3) is 0.500. The zero-order chi connectivity index (χ0) is 16.0. The number of carboxylic acid groups (broad SMARTS) is 1. The number of hydrogen-bond donors (Lipinski definition) is 2. The quantitative estimate of drug-likeness (QED) is 0.432. The van der Waals surface area contributed by atoms with E-state index in [1.165, 1.54) is 19.1 Å². The summed E-state index contributed by atoms with van der Waals surface area (Å²) in [7, 11) is 0. The van der Waals surface area contributed by atoms with Gasteiger partial charge >= 0.3 is 5.97 Å². The van der Waals surface area contributed by atoms with Crippen molar-refractivity contribution in [2.24, 2.45) is 5.73 Å². The van der Waals surface area contributed by atoms with Gasteiger partial charge in [-0.1, -0.05) is 0 Å². The van der Waals surface area contributed by atoms with Crippen molar-refractivity contribution in [3.05, 3.63) is 33.9 Å². The van der Waals surface area contributed by atoms with Gasteiger partial charge in [-0.25, -0.2) is 0 Å². The largest absolute Gasteiger partial charge is 0.493 e. The molecule has 0 aliphatic heterocycles. The molecule has 7 heteroatoms. The molecule has 0 saturated carbocycles. The third kappa shape index (κ3) is 5.03. The van der Waals surface area contributed by atoms with Crippen molar-refractivity contribution in [3.63, 3.8) is 0 Å². The standard InChI is InChI=1S/C14H20N2O5/c1-10-5-6-11(16(19)20)9-12(10)21-8-4-3-7-14(2,15)13(17)18/h5-6,9H,3-4,7-8,15H2,1-2H3,(H,17,18). The summed E-state index contributed by atoms with van der Waals surface area (Å²) in [6.45, 7) is 3.64. The first-order valence-corrected chi connectivity index (χ1v) is 6.64. The summed E-state index contributed by atoms with van der Waals surface area (Å²) < 4.78 is 5.51. The Bertz CT molecular complexity index is 528. The molecule has 1 atom stereocenters. The number of carbonyl (C=O) groups is 1. The number of carboxylic acids is 1. The Hall–Kier alpha value is -2.15. The van der Waals surface area contributed by atoms with E-state index in [4.69, 9.17) is 15.6 Å². The first-order valence-electron chi connectivity index (χ1n) is 6.64. The van der Waals surface area contributed by atoms with Gasteiger partial charge in [-0.3, -0.25) is 14.9 Å². The first kappa shape index (κ1) is 16.9. The number of aliphatic carboxylic acids is 1. The molecule has 0 bridgehead atoms. The average Bonchev–Trinajstić information content (AvgIpc) is 2.39. The van der Waals surface area contributed by atoms with Crippen LogP contribution in [0.1, 0.15) is 31.7 Å². The third-order valence-corrected chi connectivity index (χ3v) is 3.22. The second-order valence-electron chi connectivity index (χ2n) is 5.24. The minimum absolute atomic E-state index is 0.0176. The minimum Gasteiger partial charge on any atom is -0.493 e. The molecule has 1 rings (SSSR count). The molecule has 0 aliphatic rings. The smallest absolute Gasteiger partial charge is 0.323 e. The summed E-state index contributed by atoms with van der Waals surface area (Å²) in [6, 6.07) is 4.45. The van der Waals surface area contributed by atoms with Crippen LogP contribution in [0.4, 0.5) is 5.69 Å². The van der Waals surface area contributed by atoms with Gasteiger partial charge in [0.25, 0.3) is 5.69 Å². The van der Waals surface area contributed by atoms with E-state index in [0.717, 1.165) is 5.56 Å². The SMILES string of the molecule is Cc1ccc([N+](=O)[O-])cc1OCCCCC(C)(N)C(=O)O. The maximum absolute atomic E-state index is 10.8. The number of non-ortho nitro benzene ring substituents is 1.